The third-order valence-electron chi connectivity index (χ3n) is 1.23. The fraction of sp³-hybridized carbons (Fsp3) is 1.00. The molecule has 0 bridgehead atoms. The third kappa shape index (κ3) is 14.1. The Morgan fingerprint density at radius 3 is 2.14 bits per heavy atom. The van der Waals surface area contributed by atoms with Gasteiger partial charge in [0, 0.05) is 20.3 Å². The van der Waals surface area contributed by atoms with E-state index in [2.05, 4.69) is 30.6 Å². The van der Waals surface area contributed by atoms with Gasteiger partial charge < -0.3 is 0 Å². The first-order valence-corrected chi connectivity index (χ1v) is 11.0. The fourth-order valence-electron chi connectivity index (χ4n) is 0.646. The van der Waals surface area contributed by atoms with E-state index in [1.54, 1.807) is 0 Å². The van der Waals surface area contributed by atoms with Crippen LogP contribution in [0.5, 0.6) is 0 Å². The molecule has 0 radical (unpaired) electrons. The van der Waals surface area contributed by atoms with Gasteiger partial charge >= 0.3 is 0 Å². The summed E-state index contributed by atoms with van der Waals surface area (Å²) < 4.78 is 0. The molecule has 0 saturated heterocycles. The maximum atomic E-state index is 4.15. The highest BCUT2D eigenvalue weighted by Crippen LogP contribution is 2.21. The van der Waals surface area contributed by atoms with Crippen LogP contribution in [0.1, 0.15) is 6.42 Å². The lowest BCUT2D eigenvalue weighted by atomic mass is 10.6. The Morgan fingerprint density at radius 2 is 1.50 bits per heavy atom. The normalized spacial score (nSPS) is 10.7. The summed E-state index contributed by atoms with van der Waals surface area (Å²) in [5.41, 5.74) is 0. The van der Waals surface area contributed by atoms with E-state index in [9.17, 15) is 0 Å². The monoisotopic (exact) mass is 306 g/mol. The Hall–Kier alpha value is 2.10. The van der Waals surface area contributed by atoms with Crippen molar-refractivity contribution in [1.82, 2.24) is 0 Å². The van der Waals surface area contributed by atoms with Crippen LogP contribution < -0.4 is 0 Å². The number of thioether (sulfide) groups is 5. The van der Waals surface area contributed by atoms with Crippen molar-refractivity contribution in [1.29, 1.82) is 0 Å². The molecule has 0 amide bonds. The molecule has 0 atom stereocenters. The molecule has 14 heavy (non-hydrogen) atoms. The molecule has 0 unspecified atom stereocenters. The Bertz CT molecular complexity index is 87.8. The van der Waals surface area contributed by atoms with Crippen molar-refractivity contribution in [3.8, 4) is 0 Å². The van der Waals surface area contributed by atoms with Crippen LogP contribution in [-0.4, -0.2) is 38.1 Å². The number of hydrogen-bond acceptors (Lipinski definition) is 6. The first kappa shape index (κ1) is 16.1. The molecule has 0 rings (SSSR count). The minimum absolute atomic E-state index is 0.946. The zero-order valence-corrected chi connectivity index (χ0v) is 13.4. The first-order valence-electron chi connectivity index (χ1n) is 4.32. The van der Waals surface area contributed by atoms with E-state index in [4.69, 9.17) is 0 Å². The first-order chi connectivity index (χ1) is 6.91. The Balaban J connectivity index is 2.78. The maximum absolute atomic E-state index is 4.15. The lowest BCUT2D eigenvalue weighted by molar-refractivity contribution is 1.13. The Morgan fingerprint density at radius 1 is 0.857 bits per heavy atom. The summed E-state index contributed by atoms with van der Waals surface area (Å²) in [4.78, 5) is 0. The molecular formula is C8H18S6. The zero-order valence-electron chi connectivity index (χ0n) is 8.44. The van der Waals surface area contributed by atoms with E-state index in [1.807, 2.05) is 47.0 Å². The SMILES string of the molecule is CSCCCSCSCSCSCS. The van der Waals surface area contributed by atoms with Gasteiger partial charge in [0.05, 0.1) is 0 Å². The van der Waals surface area contributed by atoms with Crippen molar-refractivity contribution in [3.05, 3.63) is 0 Å². The molecule has 0 nitrogen and oxygen atoms in total. The molecule has 0 aliphatic rings. The van der Waals surface area contributed by atoms with Crippen LogP contribution in [0.25, 0.3) is 0 Å². The number of rotatable bonds is 11. The van der Waals surface area contributed by atoms with E-state index >= 15 is 0 Å². The highest BCUT2D eigenvalue weighted by molar-refractivity contribution is 8.27. The van der Waals surface area contributed by atoms with Crippen LogP contribution in [0, 0.1) is 0 Å². The van der Waals surface area contributed by atoms with Crippen molar-refractivity contribution in [3.63, 3.8) is 0 Å². The van der Waals surface area contributed by atoms with Gasteiger partial charge in [-0.1, -0.05) is 0 Å². The zero-order chi connectivity index (χ0) is 10.5. The van der Waals surface area contributed by atoms with Gasteiger partial charge in [0.25, 0.3) is 0 Å². The highest BCUT2D eigenvalue weighted by atomic mass is 32.3. The number of hydrogen-bond donors (Lipinski definition) is 1. The molecule has 0 fully saturated rings. The van der Waals surface area contributed by atoms with E-state index < -0.39 is 0 Å². The summed E-state index contributed by atoms with van der Waals surface area (Å²) >= 11 is 14.1. The summed E-state index contributed by atoms with van der Waals surface area (Å²) in [7, 11) is 0. The molecule has 0 saturated carbocycles. The van der Waals surface area contributed by atoms with E-state index in [1.165, 1.54) is 33.2 Å². The summed E-state index contributed by atoms with van der Waals surface area (Å²) in [5, 5.41) is 4.62. The molecule has 0 N–H and O–H groups in total. The largest absolute Gasteiger partial charge is 0.168 e. The van der Waals surface area contributed by atoms with Crippen LogP contribution >= 0.6 is 71.4 Å². The van der Waals surface area contributed by atoms with Gasteiger partial charge in [0.2, 0.25) is 0 Å². The summed E-state index contributed by atoms with van der Waals surface area (Å²) in [6, 6.07) is 0. The summed E-state index contributed by atoms with van der Waals surface area (Å²) in [6.07, 6.45) is 3.53. The average Bonchev–Trinajstić information content (AvgIpc) is 2.21. The Labute approximate surface area is 115 Å². The van der Waals surface area contributed by atoms with E-state index in [0.29, 0.717) is 0 Å². The van der Waals surface area contributed by atoms with Gasteiger partial charge in [-0.05, 0) is 24.2 Å². The second-order valence-electron chi connectivity index (χ2n) is 2.35. The smallest absolute Gasteiger partial charge is 0.0408 e. The molecular weight excluding hydrogens is 288 g/mol. The Kier molecular flexibility index (Phi) is 17.4. The molecule has 0 aromatic rings. The van der Waals surface area contributed by atoms with Crippen LogP contribution in [0.2, 0.25) is 0 Å². The standard InChI is InChI=1S/C8H18S6/c1-10-3-2-4-11-6-13-8-14-7-12-5-9/h9H,2-8H2,1H3. The van der Waals surface area contributed by atoms with Crippen molar-refractivity contribution in [2.75, 3.05) is 38.1 Å². The molecule has 0 aromatic carbocycles. The van der Waals surface area contributed by atoms with Gasteiger partial charge in [-0.3, -0.25) is 0 Å². The van der Waals surface area contributed by atoms with Crippen LogP contribution in [0.3, 0.4) is 0 Å². The van der Waals surface area contributed by atoms with Crippen molar-refractivity contribution >= 4 is 71.4 Å². The average molecular weight is 307 g/mol. The molecule has 0 aliphatic carbocycles. The highest BCUT2D eigenvalue weighted by Gasteiger charge is 1.92. The number of thiol groups is 1. The fourth-order valence-corrected chi connectivity index (χ4v) is 6.23. The maximum Gasteiger partial charge on any atom is 0.0408 e. The van der Waals surface area contributed by atoms with Crippen LogP contribution in [0.15, 0.2) is 0 Å². The molecule has 0 aliphatic heterocycles. The van der Waals surface area contributed by atoms with Gasteiger partial charge in [-0.25, -0.2) is 0 Å². The summed E-state index contributed by atoms with van der Waals surface area (Å²) in [6.45, 7) is 0. The van der Waals surface area contributed by atoms with Gasteiger partial charge in [-0.15, -0.1) is 35.3 Å². The molecule has 6 heteroatoms. The van der Waals surface area contributed by atoms with Crippen molar-refractivity contribution in [2.45, 2.75) is 6.42 Å². The van der Waals surface area contributed by atoms with Gasteiger partial charge in [-0.2, -0.15) is 36.2 Å². The molecule has 0 spiro atoms. The van der Waals surface area contributed by atoms with Crippen LogP contribution in [0.4, 0.5) is 0 Å². The minimum Gasteiger partial charge on any atom is -0.168 e. The molecule has 0 aromatic heterocycles. The molecule has 0 heterocycles. The van der Waals surface area contributed by atoms with Gasteiger partial charge in [0.1, 0.15) is 0 Å². The second-order valence-corrected chi connectivity index (χ2v) is 9.24. The molecule has 86 valence electrons. The predicted molar refractivity (Wildman–Crippen MR) is 86.7 cm³/mol. The third-order valence-corrected chi connectivity index (χ3v) is 7.23. The van der Waals surface area contributed by atoms with Crippen molar-refractivity contribution in [2.24, 2.45) is 0 Å². The topological polar surface area (TPSA) is 0 Å². The van der Waals surface area contributed by atoms with Crippen molar-refractivity contribution < 1.29 is 0 Å². The lowest BCUT2D eigenvalue weighted by Crippen LogP contribution is -1.84. The minimum atomic E-state index is 0.946. The lowest BCUT2D eigenvalue weighted by Gasteiger charge is -2.01. The second kappa shape index (κ2) is 15.1. The van der Waals surface area contributed by atoms with Gasteiger partial charge in [0.15, 0.2) is 0 Å². The van der Waals surface area contributed by atoms with E-state index in [0.717, 1.165) is 5.08 Å². The van der Waals surface area contributed by atoms with E-state index in [-0.39, 0.29) is 0 Å². The van der Waals surface area contributed by atoms with Crippen LogP contribution in [-0.2, 0) is 0 Å². The predicted octanol–water partition coefficient (Wildman–Crippen LogP) is 4.43. The summed E-state index contributed by atoms with van der Waals surface area (Å²) in [5.74, 6) is 2.63. The quantitative estimate of drug-likeness (QED) is 0.339.